The highest BCUT2D eigenvalue weighted by Gasteiger charge is 2.26. The van der Waals surface area contributed by atoms with Gasteiger partial charge in [-0.1, -0.05) is 18.2 Å². The molecule has 0 radical (unpaired) electrons. The molecule has 7 nitrogen and oxygen atoms in total. The molecule has 0 aliphatic carbocycles. The van der Waals surface area contributed by atoms with Gasteiger partial charge in [0.15, 0.2) is 5.70 Å². The number of rotatable bonds is 5. The van der Waals surface area contributed by atoms with E-state index in [1.54, 1.807) is 49.6 Å². The van der Waals surface area contributed by atoms with Gasteiger partial charge in [0, 0.05) is 19.7 Å². The molecule has 0 N–H and O–H groups in total. The minimum atomic E-state index is -3.60. The lowest BCUT2D eigenvalue weighted by atomic mass is 10.2. The molecule has 0 saturated carbocycles. The van der Waals surface area contributed by atoms with Crippen molar-refractivity contribution in [2.45, 2.75) is 4.90 Å². The molecule has 8 heteroatoms. The first-order chi connectivity index (χ1) is 12.8. The van der Waals surface area contributed by atoms with E-state index in [0.29, 0.717) is 11.3 Å². The number of carbonyl (C=O) groups excluding carboxylic acids is 1. The predicted octanol–water partition coefficient (Wildman–Crippen LogP) is 2.29. The summed E-state index contributed by atoms with van der Waals surface area (Å²) in [6.45, 7) is 0. The maximum absolute atomic E-state index is 12.3. The van der Waals surface area contributed by atoms with Crippen molar-refractivity contribution in [1.29, 1.82) is 0 Å². The smallest absolute Gasteiger partial charge is 0.363 e. The number of methoxy groups -OCH3 is 1. The molecule has 1 aliphatic heterocycles. The Morgan fingerprint density at radius 3 is 2.56 bits per heavy atom. The topological polar surface area (TPSA) is 85.3 Å². The SMILES string of the molecule is COc1cccc(C=C2N=C(c3cccc(S(=O)(=O)N(C)C)c3)OC2=O)c1. The van der Waals surface area contributed by atoms with Gasteiger partial charge in [0.1, 0.15) is 5.75 Å². The number of cyclic esters (lactones) is 1. The van der Waals surface area contributed by atoms with Gasteiger partial charge in [-0.25, -0.2) is 22.5 Å². The first-order valence-electron chi connectivity index (χ1n) is 8.01. The van der Waals surface area contributed by atoms with Gasteiger partial charge in [0.25, 0.3) is 0 Å². The van der Waals surface area contributed by atoms with Gasteiger partial charge in [0.05, 0.1) is 12.0 Å². The molecule has 0 spiro atoms. The molecule has 27 heavy (non-hydrogen) atoms. The summed E-state index contributed by atoms with van der Waals surface area (Å²) in [6, 6.07) is 13.3. The number of hydrogen-bond donors (Lipinski definition) is 0. The van der Waals surface area contributed by atoms with Crippen LogP contribution < -0.4 is 4.74 Å². The Bertz CT molecular complexity index is 1060. The number of esters is 1. The predicted molar refractivity (Wildman–Crippen MR) is 101 cm³/mol. The molecule has 1 heterocycles. The third-order valence-corrected chi connectivity index (χ3v) is 5.69. The summed E-state index contributed by atoms with van der Waals surface area (Å²) in [4.78, 5) is 16.5. The molecule has 0 atom stereocenters. The fourth-order valence-electron chi connectivity index (χ4n) is 2.42. The van der Waals surface area contributed by atoms with Gasteiger partial charge >= 0.3 is 5.97 Å². The third-order valence-electron chi connectivity index (χ3n) is 3.88. The third kappa shape index (κ3) is 3.91. The van der Waals surface area contributed by atoms with E-state index >= 15 is 0 Å². The van der Waals surface area contributed by atoms with E-state index in [1.807, 2.05) is 0 Å². The van der Waals surface area contributed by atoms with Gasteiger partial charge in [-0.05, 0) is 42.0 Å². The van der Waals surface area contributed by atoms with E-state index in [2.05, 4.69) is 4.99 Å². The Hall–Kier alpha value is -2.97. The fourth-order valence-corrected chi connectivity index (χ4v) is 3.37. The van der Waals surface area contributed by atoms with E-state index in [4.69, 9.17) is 9.47 Å². The molecule has 0 bridgehead atoms. The second-order valence-electron chi connectivity index (χ2n) is 5.93. The normalized spacial score (nSPS) is 15.8. The van der Waals surface area contributed by atoms with Crippen LogP contribution in [-0.2, 0) is 19.6 Å². The zero-order valence-corrected chi connectivity index (χ0v) is 15.9. The Labute approximate surface area is 157 Å². The van der Waals surface area contributed by atoms with Crippen molar-refractivity contribution < 1.29 is 22.7 Å². The molecule has 0 unspecified atom stereocenters. The zero-order chi connectivity index (χ0) is 19.6. The zero-order valence-electron chi connectivity index (χ0n) is 15.0. The Morgan fingerprint density at radius 1 is 1.11 bits per heavy atom. The van der Waals surface area contributed by atoms with Crippen LogP contribution in [0.4, 0.5) is 0 Å². The molecule has 0 aromatic heterocycles. The standard InChI is InChI=1S/C19H18N2O5S/c1-21(2)27(23,24)16-9-5-7-14(12-16)18-20-17(19(22)26-18)11-13-6-4-8-15(10-13)25-3/h4-12H,1-3H3. The average Bonchev–Trinajstić information content (AvgIpc) is 3.02. The van der Waals surface area contributed by atoms with E-state index in [9.17, 15) is 13.2 Å². The summed E-state index contributed by atoms with van der Waals surface area (Å²) in [5.74, 6) is 0.111. The van der Waals surface area contributed by atoms with E-state index in [1.165, 1.54) is 26.2 Å². The molecule has 2 aromatic carbocycles. The number of carbonyl (C=O) groups is 1. The van der Waals surface area contributed by atoms with E-state index in [-0.39, 0.29) is 16.5 Å². The van der Waals surface area contributed by atoms with Crippen LogP contribution in [0.25, 0.3) is 6.08 Å². The highest BCUT2D eigenvalue weighted by atomic mass is 32.2. The molecule has 140 valence electrons. The maximum atomic E-state index is 12.3. The monoisotopic (exact) mass is 386 g/mol. The Morgan fingerprint density at radius 2 is 1.85 bits per heavy atom. The fraction of sp³-hybridized carbons (Fsp3) is 0.158. The van der Waals surface area contributed by atoms with Crippen LogP contribution in [0.15, 0.2) is 64.1 Å². The first-order valence-corrected chi connectivity index (χ1v) is 9.45. The Kier molecular flexibility index (Phi) is 5.11. The van der Waals surface area contributed by atoms with Crippen LogP contribution in [0.3, 0.4) is 0 Å². The average molecular weight is 386 g/mol. The molecule has 3 rings (SSSR count). The quantitative estimate of drug-likeness (QED) is 0.581. The van der Waals surface area contributed by atoms with Gasteiger partial charge in [-0.2, -0.15) is 0 Å². The molecule has 0 saturated heterocycles. The van der Waals surface area contributed by atoms with Gasteiger partial charge in [-0.15, -0.1) is 0 Å². The molecule has 2 aromatic rings. The molecule has 0 fully saturated rings. The van der Waals surface area contributed by atoms with Crippen LogP contribution in [0.2, 0.25) is 0 Å². The van der Waals surface area contributed by atoms with Crippen LogP contribution in [0.5, 0.6) is 5.75 Å². The van der Waals surface area contributed by atoms with Crippen LogP contribution >= 0.6 is 0 Å². The lowest BCUT2D eigenvalue weighted by molar-refractivity contribution is -0.129. The number of ether oxygens (including phenoxy) is 2. The van der Waals surface area contributed by atoms with Gasteiger partial charge in [0.2, 0.25) is 15.9 Å². The molecular formula is C19H18N2O5S. The highest BCUT2D eigenvalue weighted by molar-refractivity contribution is 7.89. The second kappa shape index (κ2) is 7.34. The van der Waals surface area contributed by atoms with Crippen molar-refractivity contribution in [3.8, 4) is 5.75 Å². The summed E-state index contributed by atoms with van der Waals surface area (Å²) in [5.41, 5.74) is 1.26. The number of sulfonamides is 1. The van der Waals surface area contributed by atoms with Crippen LogP contribution in [0.1, 0.15) is 11.1 Å². The number of hydrogen-bond acceptors (Lipinski definition) is 6. The van der Waals surface area contributed by atoms with Crippen molar-refractivity contribution in [3.63, 3.8) is 0 Å². The van der Waals surface area contributed by atoms with E-state index < -0.39 is 16.0 Å². The van der Waals surface area contributed by atoms with Crippen molar-refractivity contribution in [3.05, 3.63) is 65.4 Å². The Balaban J connectivity index is 1.96. The minimum absolute atomic E-state index is 0.0601. The summed E-state index contributed by atoms with van der Waals surface area (Å²) in [5, 5.41) is 0. The first kappa shape index (κ1) is 18.8. The van der Waals surface area contributed by atoms with Crippen LogP contribution in [-0.4, -0.2) is 45.8 Å². The molecule has 1 aliphatic rings. The van der Waals surface area contributed by atoms with E-state index in [0.717, 1.165) is 9.87 Å². The summed E-state index contributed by atoms with van der Waals surface area (Å²) in [6.07, 6.45) is 1.58. The maximum Gasteiger partial charge on any atom is 0.363 e. The molecule has 0 amide bonds. The lowest BCUT2D eigenvalue weighted by Gasteiger charge is -2.11. The van der Waals surface area contributed by atoms with Crippen molar-refractivity contribution in [2.75, 3.05) is 21.2 Å². The largest absolute Gasteiger partial charge is 0.497 e. The number of aliphatic imine (C=N–C) groups is 1. The van der Waals surface area contributed by atoms with Crippen LogP contribution in [0, 0.1) is 0 Å². The highest BCUT2D eigenvalue weighted by Crippen LogP contribution is 2.23. The van der Waals surface area contributed by atoms with Crippen molar-refractivity contribution in [1.82, 2.24) is 4.31 Å². The van der Waals surface area contributed by atoms with Gasteiger partial charge in [-0.3, -0.25) is 0 Å². The summed E-state index contributed by atoms with van der Waals surface area (Å²) >= 11 is 0. The van der Waals surface area contributed by atoms with Crippen molar-refractivity contribution in [2.24, 2.45) is 4.99 Å². The van der Waals surface area contributed by atoms with Gasteiger partial charge < -0.3 is 9.47 Å². The minimum Gasteiger partial charge on any atom is -0.497 e. The summed E-state index contributed by atoms with van der Waals surface area (Å²) in [7, 11) is 0.851. The second-order valence-corrected chi connectivity index (χ2v) is 8.08. The number of nitrogens with zero attached hydrogens (tertiary/aromatic N) is 2. The molecular weight excluding hydrogens is 368 g/mol. The lowest BCUT2D eigenvalue weighted by Crippen LogP contribution is -2.22. The summed E-state index contributed by atoms with van der Waals surface area (Å²) < 4.78 is 36.1. The number of benzene rings is 2. The van der Waals surface area contributed by atoms with Crippen molar-refractivity contribution >= 4 is 28.0 Å².